The largest absolute Gasteiger partial charge is 0.460 e. The first-order chi connectivity index (χ1) is 9.43. The lowest BCUT2D eigenvalue weighted by atomic mass is 9.99. The van der Waals surface area contributed by atoms with Crippen molar-refractivity contribution in [3.63, 3.8) is 0 Å². The first kappa shape index (κ1) is 15.8. The van der Waals surface area contributed by atoms with Crippen molar-refractivity contribution in [2.75, 3.05) is 6.61 Å². The zero-order valence-electron chi connectivity index (χ0n) is 10.2. The molecule has 6 nitrogen and oxygen atoms in total. The van der Waals surface area contributed by atoms with Gasteiger partial charge in [-0.15, -0.1) is 0 Å². The third-order valence-electron chi connectivity index (χ3n) is 2.99. The van der Waals surface area contributed by atoms with Gasteiger partial charge in [0.2, 0.25) is 6.29 Å². The third kappa shape index (κ3) is 3.17. The van der Waals surface area contributed by atoms with Gasteiger partial charge >= 0.3 is 0 Å². The minimum Gasteiger partial charge on any atom is -0.460 e. The Morgan fingerprint density at radius 2 is 1.80 bits per heavy atom. The summed E-state index contributed by atoms with van der Waals surface area (Å²) >= 11 is 11.7. The second-order valence-electron chi connectivity index (χ2n) is 4.39. The van der Waals surface area contributed by atoms with E-state index in [9.17, 15) is 15.3 Å². The van der Waals surface area contributed by atoms with Crippen molar-refractivity contribution in [2.45, 2.75) is 30.7 Å². The lowest BCUT2D eigenvalue weighted by Gasteiger charge is -2.39. The van der Waals surface area contributed by atoms with Gasteiger partial charge in [0.1, 0.15) is 30.2 Å². The summed E-state index contributed by atoms with van der Waals surface area (Å²) in [7, 11) is 0. The van der Waals surface area contributed by atoms with Gasteiger partial charge in [0.15, 0.2) is 0 Å². The quantitative estimate of drug-likeness (QED) is 0.632. The predicted octanol–water partition coefficient (Wildman–Crippen LogP) is 0.172. The van der Waals surface area contributed by atoms with Crippen LogP contribution in [0.5, 0.6) is 5.75 Å². The van der Waals surface area contributed by atoms with E-state index in [0.717, 1.165) is 0 Å². The number of ether oxygens (including phenoxy) is 2. The van der Waals surface area contributed by atoms with Gasteiger partial charge in [-0.25, -0.2) is 0 Å². The number of halogens is 2. The van der Waals surface area contributed by atoms with E-state index >= 15 is 0 Å². The number of hydrogen-bond acceptors (Lipinski definition) is 6. The van der Waals surface area contributed by atoms with Crippen molar-refractivity contribution in [3.8, 4) is 5.75 Å². The van der Waals surface area contributed by atoms with Crippen molar-refractivity contribution in [1.82, 2.24) is 0 Å². The second-order valence-corrected chi connectivity index (χ2v) is 5.23. The number of hydrogen-bond donors (Lipinski definition) is 4. The lowest BCUT2D eigenvalue weighted by molar-refractivity contribution is -0.277. The Labute approximate surface area is 125 Å². The van der Waals surface area contributed by atoms with Crippen LogP contribution in [0.2, 0.25) is 10.0 Å². The summed E-state index contributed by atoms with van der Waals surface area (Å²) in [5, 5.41) is 38.8. The predicted molar refractivity (Wildman–Crippen MR) is 70.9 cm³/mol. The summed E-state index contributed by atoms with van der Waals surface area (Å²) < 4.78 is 10.6. The molecule has 1 unspecified atom stereocenters. The minimum absolute atomic E-state index is 0.195. The van der Waals surface area contributed by atoms with Crippen molar-refractivity contribution in [2.24, 2.45) is 0 Å². The van der Waals surface area contributed by atoms with Gasteiger partial charge in [0, 0.05) is 5.02 Å². The molecule has 0 aromatic heterocycles. The summed E-state index contributed by atoms with van der Waals surface area (Å²) in [5.74, 6) is 0.195. The van der Waals surface area contributed by atoms with Gasteiger partial charge in [0.05, 0.1) is 11.6 Å². The topological polar surface area (TPSA) is 99.4 Å². The van der Waals surface area contributed by atoms with Crippen LogP contribution in [0.25, 0.3) is 0 Å². The number of aliphatic hydroxyl groups excluding tert-OH is 4. The lowest BCUT2D eigenvalue weighted by Crippen LogP contribution is -2.60. The minimum atomic E-state index is -1.50. The van der Waals surface area contributed by atoms with E-state index in [-0.39, 0.29) is 10.8 Å². The van der Waals surface area contributed by atoms with Crippen LogP contribution in [0.1, 0.15) is 0 Å². The molecule has 0 radical (unpaired) electrons. The molecule has 1 aromatic rings. The van der Waals surface area contributed by atoms with Gasteiger partial charge in [-0.2, -0.15) is 0 Å². The Morgan fingerprint density at radius 3 is 2.40 bits per heavy atom. The van der Waals surface area contributed by atoms with Crippen LogP contribution in [0.3, 0.4) is 0 Å². The molecular formula is C12H14Cl2O6. The molecule has 8 heteroatoms. The van der Waals surface area contributed by atoms with E-state index in [1.807, 2.05) is 0 Å². The Morgan fingerprint density at radius 1 is 1.10 bits per heavy atom. The molecule has 1 aliphatic heterocycles. The fourth-order valence-electron chi connectivity index (χ4n) is 1.86. The molecule has 1 aliphatic rings. The molecule has 20 heavy (non-hydrogen) atoms. The molecule has 1 aromatic carbocycles. The van der Waals surface area contributed by atoms with Crippen LogP contribution in [0, 0.1) is 0 Å². The molecule has 1 fully saturated rings. The molecule has 0 saturated carbocycles. The molecule has 1 heterocycles. The van der Waals surface area contributed by atoms with E-state index in [4.69, 9.17) is 37.8 Å². The average molecular weight is 325 g/mol. The highest BCUT2D eigenvalue weighted by Crippen LogP contribution is 2.31. The van der Waals surface area contributed by atoms with Crippen LogP contribution in [0.4, 0.5) is 0 Å². The van der Waals surface area contributed by atoms with Crippen molar-refractivity contribution in [1.29, 1.82) is 0 Å². The summed E-state index contributed by atoms with van der Waals surface area (Å²) in [6, 6.07) is 4.46. The first-order valence-electron chi connectivity index (χ1n) is 5.86. The molecule has 112 valence electrons. The fraction of sp³-hybridized carbons (Fsp3) is 0.500. The highest BCUT2D eigenvalue weighted by Gasteiger charge is 2.44. The maximum absolute atomic E-state index is 9.82. The molecule has 0 aliphatic carbocycles. The van der Waals surface area contributed by atoms with Crippen LogP contribution in [-0.4, -0.2) is 57.7 Å². The van der Waals surface area contributed by atoms with Gasteiger partial charge in [-0.1, -0.05) is 23.2 Å². The molecule has 5 atom stereocenters. The summed E-state index contributed by atoms with van der Waals surface area (Å²) in [4.78, 5) is 0. The van der Waals surface area contributed by atoms with Gasteiger partial charge in [-0.05, 0) is 18.2 Å². The van der Waals surface area contributed by atoms with Gasteiger partial charge in [0.25, 0.3) is 0 Å². The fourth-order valence-corrected chi connectivity index (χ4v) is 2.31. The standard InChI is InChI=1S/C12H14Cl2O6/c13-5-1-2-7(6(14)3-5)19-12-11(18)10(17)9(16)8(4-15)20-12/h1-3,8-12,15-18H,4H2/t8-,9+,10?,11+,12+/m0/s1. The number of aliphatic hydroxyl groups is 4. The van der Waals surface area contributed by atoms with Crippen LogP contribution < -0.4 is 4.74 Å². The maximum Gasteiger partial charge on any atom is 0.229 e. The molecule has 4 N–H and O–H groups in total. The van der Waals surface area contributed by atoms with Crippen LogP contribution in [-0.2, 0) is 4.74 Å². The highest BCUT2D eigenvalue weighted by atomic mass is 35.5. The van der Waals surface area contributed by atoms with Gasteiger partial charge in [-0.3, -0.25) is 0 Å². The maximum atomic E-state index is 9.82. The van der Waals surface area contributed by atoms with Gasteiger partial charge < -0.3 is 29.9 Å². The monoisotopic (exact) mass is 324 g/mol. The van der Waals surface area contributed by atoms with Crippen molar-refractivity contribution >= 4 is 23.2 Å². The Bertz CT molecular complexity index is 469. The first-order valence-corrected chi connectivity index (χ1v) is 6.62. The van der Waals surface area contributed by atoms with E-state index in [1.54, 1.807) is 0 Å². The van der Waals surface area contributed by atoms with Crippen molar-refractivity contribution in [3.05, 3.63) is 28.2 Å². The van der Waals surface area contributed by atoms with Crippen LogP contribution >= 0.6 is 23.2 Å². The molecule has 0 amide bonds. The summed E-state index contributed by atoms with van der Waals surface area (Å²) in [6.07, 6.45) is -6.74. The Kier molecular flexibility index (Phi) is 5.09. The van der Waals surface area contributed by atoms with Crippen LogP contribution in [0.15, 0.2) is 18.2 Å². The second kappa shape index (κ2) is 6.44. The van der Waals surface area contributed by atoms with E-state index in [2.05, 4.69) is 0 Å². The zero-order valence-corrected chi connectivity index (χ0v) is 11.7. The van der Waals surface area contributed by atoms with E-state index in [1.165, 1.54) is 18.2 Å². The molecule has 1 saturated heterocycles. The molecule has 0 spiro atoms. The molecule has 2 rings (SSSR count). The summed E-state index contributed by atoms with van der Waals surface area (Å²) in [6.45, 7) is -0.529. The molecule has 0 bridgehead atoms. The zero-order chi connectivity index (χ0) is 14.9. The normalized spacial score (nSPS) is 34.0. The van der Waals surface area contributed by atoms with E-state index < -0.39 is 37.3 Å². The summed E-state index contributed by atoms with van der Waals surface area (Å²) in [5.41, 5.74) is 0. The highest BCUT2D eigenvalue weighted by molar-refractivity contribution is 6.35. The number of rotatable bonds is 3. The average Bonchev–Trinajstić information content (AvgIpc) is 2.42. The van der Waals surface area contributed by atoms with Crippen molar-refractivity contribution < 1.29 is 29.9 Å². The Balaban J connectivity index is 2.15. The smallest absolute Gasteiger partial charge is 0.229 e. The molecular weight excluding hydrogens is 311 g/mol. The van der Waals surface area contributed by atoms with E-state index in [0.29, 0.717) is 5.02 Å². The Hall–Kier alpha value is -0.600. The SMILES string of the molecule is OC[C@@H]1O[C@@H](Oc2ccc(Cl)cc2Cl)[C@H](O)C(O)[C@@H]1O. The third-order valence-corrected chi connectivity index (χ3v) is 3.52. The number of benzene rings is 1.